The zero-order valence-corrected chi connectivity index (χ0v) is 19.2. The Labute approximate surface area is 194 Å². The monoisotopic (exact) mass is 492 g/mol. The van der Waals surface area contributed by atoms with Crippen LogP contribution in [0.2, 0.25) is 0 Å². The predicted octanol–water partition coefficient (Wildman–Crippen LogP) is 5.30. The number of benzene rings is 2. The highest BCUT2D eigenvalue weighted by Gasteiger charge is 2.44. The summed E-state index contributed by atoms with van der Waals surface area (Å²) in [5, 5.41) is 21.2. The number of hydrogen-bond donors (Lipinski definition) is 1. The van der Waals surface area contributed by atoms with Crippen LogP contribution in [0.3, 0.4) is 0 Å². The van der Waals surface area contributed by atoms with Crippen LogP contribution in [0.25, 0.3) is 0 Å². The number of hydrogen-bond acceptors (Lipinski definition) is 6. The van der Waals surface area contributed by atoms with Gasteiger partial charge in [-0.3, -0.25) is 19.8 Å². The van der Waals surface area contributed by atoms with Crippen molar-refractivity contribution in [1.29, 1.82) is 5.26 Å². The number of rotatable bonds is 3. The van der Waals surface area contributed by atoms with E-state index in [9.17, 15) is 20.2 Å². The third kappa shape index (κ3) is 3.69. The molecular formula is C24H21BrN4O3. The van der Waals surface area contributed by atoms with E-state index >= 15 is 0 Å². The lowest BCUT2D eigenvalue weighted by atomic mass is 9.68. The Balaban J connectivity index is 1.96. The third-order valence-corrected chi connectivity index (χ3v) is 6.43. The summed E-state index contributed by atoms with van der Waals surface area (Å²) < 4.78 is 0.894. The summed E-state index contributed by atoms with van der Waals surface area (Å²) in [7, 11) is 0. The Kier molecular flexibility index (Phi) is 5.39. The van der Waals surface area contributed by atoms with E-state index in [4.69, 9.17) is 5.73 Å². The first-order valence-corrected chi connectivity index (χ1v) is 10.9. The molecule has 0 saturated carbocycles. The molecule has 1 aliphatic carbocycles. The molecule has 32 heavy (non-hydrogen) atoms. The lowest BCUT2D eigenvalue weighted by Gasteiger charge is -2.43. The molecule has 0 spiro atoms. The molecule has 0 radical (unpaired) electrons. The van der Waals surface area contributed by atoms with Gasteiger partial charge in [0.05, 0.1) is 22.5 Å². The van der Waals surface area contributed by atoms with E-state index in [1.807, 2.05) is 38.1 Å². The highest BCUT2D eigenvalue weighted by atomic mass is 79.9. The van der Waals surface area contributed by atoms with E-state index in [-0.39, 0.29) is 28.3 Å². The topological polar surface area (TPSA) is 113 Å². The number of halogens is 1. The number of anilines is 1. The van der Waals surface area contributed by atoms with E-state index in [1.165, 1.54) is 12.1 Å². The van der Waals surface area contributed by atoms with Gasteiger partial charge in [0.25, 0.3) is 5.69 Å². The van der Waals surface area contributed by atoms with Crippen LogP contribution < -0.4 is 10.6 Å². The molecule has 1 aliphatic heterocycles. The van der Waals surface area contributed by atoms with Crippen LogP contribution in [0.5, 0.6) is 0 Å². The van der Waals surface area contributed by atoms with Crippen molar-refractivity contribution in [2.24, 2.45) is 11.1 Å². The van der Waals surface area contributed by atoms with Crippen molar-refractivity contribution in [2.45, 2.75) is 32.6 Å². The van der Waals surface area contributed by atoms with Crippen LogP contribution in [0.4, 0.5) is 11.4 Å². The van der Waals surface area contributed by atoms with Crippen molar-refractivity contribution in [2.75, 3.05) is 4.90 Å². The van der Waals surface area contributed by atoms with Gasteiger partial charge in [0, 0.05) is 40.0 Å². The van der Waals surface area contributed by atoms with Gasteiger partial charge in [-0.15, -0.1) is 0 Å². The number of ketones is 1. The average molecular weight is 493 g/mol. The van der Waals surface area contributed by atoms with E-state index in [1.54, 1.807) is 17.0 Å². The van der Waals surface area contributed by atoms with Crippen molar-refractivity contribution < 1.29 is 9.72 Å². The molecule has 2 aliphatic rings. The molecule has 0 unspecified atom stereocenters. The molecule has 0 saturated heterocycles. The SMILES string of the molecule is CC1(C)CC(=O)C2=C(C1)N(c1ccc([N+](=O)[O-])cc1)C(N)=C(C#N)[C@@H]2c1ccc(Br)cc1. The fourth-order valence-electron chi connectivity index (χ4n) is 4.52. The Morgan fingerprint density at radius 2 is 1.78 bits per heavy atom. The van der Waals surface area contributed by atoms with Crippen LogP contribution in [0.1, 0.15) is 38.2 Å². The molecular weight excluding hydrogens is 472 g/mol. The second-order valence-electron chi connectivity index (χ2n) is 8.81. The van der Waals surface area contributed by atoms with E-state index in [0.717, 1.165) is 15.7 Å². The molecule has 0 aromatic heterocycles. The average Bonchev–Trinajstić information content (AvgIpc) is 2.73. The molecule has 1 heterocycles. The minimum atomic E-state index is -0.555. The van der Waals surface area contributed by atoms with Gasteiger partial charge < -0.3 is 5.73 Å². The minimum absolute atomic E-state index is 0.0173. The fraction of sp³-hybridized carbons (Fsp3) is 0.250. The fourth-order valence-corrected chi connectivity index (χ4v) is 4.78. The summed E-state index contributed by atoms with van der Waals surface area (Å²) in [6.07, 6.45) is 0.947. The summed E-state index contributed by atoms with van der Waals surface area (Å²) in [6.45, 7) is 4.05. The van der Waals surface area contributed by atoms with E-state index in [0.29, 0.717) is 24.1 Å². The van der Waals surface area contributed by atoms with Crippen molar-refractivity contribution in [3.63, 3.8) is 0 Å². The summed E-state index contributed by atoms with van der Waals surface area (Å²) in [5.74, 6) is -0.337. The lowest BCUT2D eigenvalue weighted by molar-refractivity contribution is -0.384. The quantitative estimate of drug-likeness (QED) is 0.459. The Morgan fingerprint density at radius 1 is 1.16 bits per heavy atom. The smallest absolute Gasteiger partial charge is 0.269 e. The summed E-state index contributed by atoms with van der Waals surface area (Å²) in [4.78, 5) is 25.8. The third-order valence-electron chi connectivity index (χ3n) is 5.90. The van der Waals surface area contributed by atoms with Gasteiger partial charge in [-0.2, -0.15) is 5.26 Å². The first-order valence-electron chi connectivity index (χ1n) is 10.1. The second kappa shape index (κ2) is 7.92. The number of nitrogens with zero attached hydrogens (tertiary/aromatic N) is 3. The Hall–Kier alpha value is -3.44. The number of nitrogens with two attached hydrogens (primary N) is 1. The molecule has 0 bridgehead atoms. The van der Waals surface area contributed by atoms with Crippen molar-refractivity contribution in [3.8, 4) is 6.07 Å². The van der Waals surface area contributed by atoms with Crippen LogP contribution in [0.15, 0.2) is 75.7 Å². The number of nitriles is 1. The van der Waals surface area contributed by atoms with Crippen LogP contribution >= 0.6 is 15.9 Å². The minimum Gasteiger partial charge on any atom is -0.384 e. The molecule has 2 aromatic carbocycles. The normalized spacial score (nSPS) is 20.1. The zero-order chi connectivity index (χ0) is 23.2. The summed E-state index contributed by atoms with van der Waals surface area (Å²) in [6, 6.07) is 15.7. The molecule has 2 N–H and O–H groups in total. The van der Waals surface area contributed by atoms with Crippen LogP contribution in [-0.2, 0) is 4.79 Å². The largest absolute Gasteiger partial charge is 0.384 e. The highest BCUT2D eigenvalue weighted by Crippen LogP contribution is 2.50. The molecule has 8 heteroatoms. The van der Waals surface area contributed by atoms with E-state index < -0.39 is 10.8 Å². The van der Waals surface area contributed by atoms with E-state index in [2.05, 4.69) is 22.0 Å². The first kappa shape index (κ1) is 21.8. The number of nitro groups is 1. The van der Waals surface area contributed by atoms with Gasteiger partial charge >= 0.3 is 0 Å². The number of allylic oxidation sites excluding steroid dienone is 3. The maximum Gasteiger partial charge on any atom is 0.269 e. The van der Waals surface area contributed by atoms with Gasteiger partial charge in [0.15, 0.2) is 5.78 Å². The maximum atomic E-state index is 13.4. The standard InChI is InChI=1S/C24H21BrN4O3/c1-24(2)11-19-22(20(30)12-24)21(14-3-5-15(25)6-4-14)18(13-26)23(27)28(19)16-7-9-17(10-8-16)29(31)32/h3-10,21H,11-12,27H2,1-2H3/t21-/m0/s1. The predicted molar refractivity (Wildman–Crippen MR) is 124 cm³/mol. The second-order valence-corrected chi connectivity index (χ2v) is 9.72. The number of Topliss-reactive ketones (excluding diaryl/α,β-unsaturated/α-hetero) is 1. The van der Waals surface area contributed by atoms with Crippen molar-refractivity contribution in [1.82, 2.24) is 0 Å². The highest BCUT2D eigenvalue weighted by molar-refractivity contribution is 9.10. The van der Waals surface area contributed by atoms with Gasteiger partial charge in [0.2, 0.25) is 0 Å². The van der Waals surface area contributed by atoms with Gasteiger partial charge in [0.1, 0.15) is 5.82 Å². The zero-order valence-electron chi connectivity index (χ0n) is 17.6. The Morgan fingerprint density at radius 3 is 2.34 bits per heavy atom. The van der Waals surface area contributed by atoms with Crippen molar-refractivity contribution in [3.05, 3.63) is 91.3 Å². The summed E-state index contributed by atoms with van der Waals surface area (Å²) >= 11 is 3.43. The maximum absolute atomic E-state index is 13.4. The molecule has 0 amide bonds. The molecule has 7 nitrogen and oxygen atoms in total. The molecule has 162 valence electrons. The number of carbonyl (C=O) groups is 1. The Bertz CT molecular complexity index is 1220. The number of non-ortho nitro benzene ring substituents is 1. The summed E-state index contributed by atoms with van der Waals surface area (Å²) in [5.41, 5.74) is 9.21. The molecule has 4 rings (SSSR count). The van der Waals surface area contributed by atoms with Crippen LogP contribution in [0, 0.1) is 26.9 Å². The molecule has 1 atom stereocenters. The van der Waals surface area contributed by atoms with Gasteiger partial charge in [-0.05, 0) is 41.7 Å². The van der Waals surface area contributed by atoms with Crippen LogP contribution in [-0.4, -0.2) is 10.7 Å². The number of nitro benzene ring substituents is 1. The first-order chi connectivity index (χ1) is 15.1. The molecule has 2 aromatic rings. The van der Waals surface area contributed by atoms with Gasteiger partial charge in [-0.25, -0.2) is 0 Å². The molecule has 0 fully saturated rings. The van der Waals surface area contributed by atoms with Gasteiger partial charge in [-0.1, -0.05) is 41.9 Å². The van der Waals surface area contributed by atoms with Crippen molar-refractivity contribution >= 4 is 33.1 Å². The number of carbonyl (C=O) groups excluding carboxylic acids is 1. The lowest BCUT2D eigenvalue weighted by Crippen LogP contribution is -2.42.